The van der Waals surface area contributed by atoms with Crippen molar-refractivity contribution >= 4 is 27.7 Å². The van der Waals surface area contributed by atoms with Crippen molar-refractivity contribution in [3.05, 3.63) is 23.8 Å². The van der Waals surface area contributed by atoms with Crippen LogP contribution in [-0.4, -0.2) is 60.8 Å². The molecule has 1 aromatic carbocycles. The van der Waals surface area contributed by atoms with Gasteiger partial charge in [0.2, 0.25) is 10.0 Å². The van der Waals surface area contributed by atoms with Crippen molar-refractivity contribution in [1.82, 2.24) is 9.62 Å². The molecule has 1 aromatic rings. The van der Waals surface area contributed by atoms with Crippen LogP contribution in [0, 0.1) is 0 Å². The van der Waals surface area contributed by atoms with Gasteiger partial charge in [-0.1, -0.05) is 0 Å². The van der Waals surface area contributed by atoms with Crippen LogP contribution in [0.2, 0.25) is 0 Å². The molecule has 150 valence electrons. The number of sulfonamides is 1. The van der Waals surface area contributed by atoms with Gasteiger partial charge in [0.05, 0.1) is 6.26 Å². The molecule has 0 saturated carbocycles. The van der Waals surface area contributed by atoms with Crippen molar-refractivity contribution in [2.24, 2.45) is 0 Å². The van der Waals surface area contributed by atoms with E-state index in [0.717, 1.165) is 6.26 Å². The number of phenolic OH excluding ortho intramolecular Hbond substituents is 1. The first kappa shape index (κ1) is 21.0. The number of carbonyl (C=O) groups excluding carboxylic acids is 2. The molecule has 2 amide bonds. The van der Waals surface area contributed by atoms with E-state index < -0.39 is 27.6 Å². The minimum absolute atomic E-state index is 0.138. The van der Waals surface area contributed by atoms with E-state index in [1.54, 1.807) is 20.8 Å². The molecule has 0 spiro atoms. The molecule has 0 aromatic heterocycles. The van der Waals surface area contributed by atoms with Gasteiger partial charge >= 0.3 is 6.09 Å². The molecule has 2 rings (SSSR count). The number of hydrogen-bond donors (Lipinski definition) is 3. The van der Waals surface area contributed by atoms with Crippen LogP contribution in [0.4, 0.5) is 10.5 Å². The van der Waals surface area contributed by atoms with E-state index in [1.165, 1.54) is 22.5 Å². The molecule has 1 aliphatic heterocycles. The maximum atomic E-state index is 12.4. The Hall–Kier alpha value is -2.33. The Morgan fingerprint density at radius 1 is 1.26 bits per heavy atom. The first-order chi connectivity index (χ1) is 12.3. The highest BCUT2D eigenvalue weighted by Crippen LogP contribution is 2.21. The average Bonchev–Trinajstić information content (AvgIpc) is 2.93. The smallest absolute Gasteiger partial charge is 0.412 e. The lowest BCUT2D eigenvalue weighted by atomic mass is 10.1. The first-order valence-electron chi connectivity index (χ1n) is 8.43. The fraction of sp³-hybridized carbons (Fsp3) is 0.529. The molecule has 9 nitrogen and oxygen atoms in total. The standard InChI is InChI=1S/C17H25N3O6S/c1-17(2,3)26-16(23)19-13-7-11(8-14(21)9-13)15(22)18-12-5-6-20(10-12)27(4,24)25/h7-9,12,21H,5-6,10H2,1-4H3,(H,18,22)(H,19,23). The lowest BCUT2D eigenvalue weighted by molar-refractivity contribution is 0.0635. The SMILES string of the molecule is CC(C)(C)OC(=O)Nc1cc(O)cc(C(=O)NC2CCN(S(C)(=O)=O)C2)c1. The highest BCUT2D eigenvalue weighted by atomic mass is 32.2. The summed E-state index contributed by atoms with van der Waals surface area (Å²) in [4.78, 5) is 24.3. The molecular weight excluding hydrogens is 374 g/mol. The van der Waals surface area contributed by atoms with Crippen LogP contribution < -0.4 is 10.6 Å². The lowest BCUT2D eigenvalue weighted by Gasteiger charge is -2.20. The van der Waals surface area contributed by atoms with Crippen molar-refractivity contribution in [1.29, 1.82) is 0 Å². The molecule has 0 radical (unpaired) electrons. The van der Waals surface area contributed by atoms with Crippen LogP contribution in [-0.2, 0) is 14.8 Å². The molecule has 1 saturated heterocycles. The normalized spacial score (nSPS) is 18.1. The topological polar surface area (TPSA) is 125 Å². The summed E-state index contributed by atoms with van der Waals surface area (Å²) in [5, 5.41) is 15.0. The van der Waals surface area contributed by atoms with Gasteiger partial charge in [0, 0.05) is 36.4 Å². The number of nitrogens with zero attached hydrogens (tertiary/aromatic N) is 1. The number of rotatable bonds is 4. The second-order valence-corrected chi connectivity index (χ2v) is 9.46. The van der Waals surface area contributed by atoms with Gasteiger partial charge < -0.3 is 15.2 Å². The number of carbonyl (C=O) groups is 2. The molecule has 1 atom stereocenters. The monoisotopic (exact) mass is 399 g/mol. The number of amides is 2. The summed E-state index contributed by atoms with van der Waals surface area (Å²) in [6.45, 7) is 5.70. The number of aromatic hydroxyl groups is 1. The first-order valence-corrected chi connectivity index (χ1v) is 10.3. The molecule has 1 aliphatic rings. The number of benzene rings is 1. The minimum Gasteiger partial charge on any atom is -0.508 e. The minimum atomic E-state index is -3.30. The third-order valence-electron chi connectivity index (χ3n) is 3.78. The van der Waals surface area contributed by atoms with Gasteiger partial charge in [-0.2, -0.15) is 0 Å². The van der Waals surface area contributed by atoms with Crippen LogP contribution in [0.3, 0.4) is 0 Å². The van der Waals surface area contributed by atoms with Crippen LogP contribution in [0.5, 0.6) is 5.75 Å². The summed E-state index contributed by atoms with van der Waals surface area (Å²) >= 11 is 0. The fourth-order valence-corrected chi connectivity index (χ4v) is 3.54. The van der Waals surface area contributed by atoms with Gasteiger partial charge in [0.1, 0.15) is 11.4 Å². The number of ether oxygens (including phenoxy) is 1. The quantitative estimate of drug-likeness (QED) is 0.705. The summed E-state index contributed by atoms with van der Waals surface area (Å²) in [6, 6.07) is 3.64. The van der Waals surface area contributed by atoms with Gasteiger partial charge in [-0.3, -0.25) is 10.1 Å². The predicted molar refractivity (Wildman–Crippen MR) is 100 cm³/mol. The molecule has 1 unspecified atom stereocenters. The van der Waals surface area contributed by atoms with Crippen LogP contribution in [0.15, 0.2) is 18.2 Å². The Morgan fingerprint density at radius 3 is 2.48 bits per heavy atom. The van der Waals surface area contributed by atoms with Crippen molar-refractivity contribution in [2.75, 3.05) is 24.7 Å². The summed E-state index contributed by atoms with van der Waals surface area (Å²) in [6.07, 6.45) is 0.917. The van der Waals surface area contributed by atoms with E-state index in [2.05, 4.69) is 10.6 Å². The van der Waals surface area contributed by atoms with Crippen LogP contribution in [0.1, 0.15) is 37.6 Å². The summed E-state index contributed by atoms with van der Waals surface area (Å²) < 4.78 is 29.5. The van der Waals surface area contributed by atoms with E-state index in [-0.39, 0.29) is 29.6 Å². The Morgan fingerprint density at radius 2 is 1.93 bits per heavy atom. The summed E-state index contributed by atoms with van der Waals surface area (Å²) in [7, 11) is -3.30. The molecule has 10 heteroatoms. The zero-order valence-electron chi connectivity index (χ0n) is 15.8. The molecule has 0 aliphatic carbocycles. The van der Waals surface area contributed by atoms with Gasteiger partial charge in [-0.05, 0) is 39.3 Å². The molecule has 1 fully saturated rings. The Kier molecular flexibility index (Phi) is 6.01. The molecular formula is C17H25N3O6S. The average molecular weight is 399 g/mol. The lowest BCUT2D eigenvalue weighted by Crippen LogP contribution is -2.38. The van der Waals surface area contributed by atoms with Crippen LogP contribution >= 0.6 is 0 Å². The summed E-state index contributed by atoms with van der Waals surface area (Å²) in [5.74, 6) is -0.670. The van der Waals surface area contributed by atoms with E-state index in [4.69, 9.17) is 4.74 Å². The highest BCUT2D eigenvalue weighted by molar-refractivity contribution is 7.88. The maximum Gasteiger partial charge on any atom is 0.412 e. The van der Waals surface area contributed by atoms with Crippen LogP contribution in [0.25, 0.3) is 0 Å². The third-order valence-corrected chi connectivity index (χ3v) is 5.05. The van der Waals surface area contributed by atoms with Gasteiger partial charge in [0.25, 0.3) is 5.91 Å². The Bertz CT molecular complexity index is 832. The number of nitrogens with one attached hydrogen (secondary N) is 2. The second-order valence-electron chi connectivity index (χ2n) is 7.48. The van der Waals surface area contributed by atoms with Crippen molar-refractivity contribution < 1.29 is 27.9 Å². The van der Waals surface area contributed by atoms with E-state index in [9.17, 15) is 23.1 Å². The van der Waals surface area contributed by atoms with Crippen molar-refractivity contribution in [2.45, 2.75) is 38.8 Å². The predicted octanol–water partition coefficient (Wildman–Crippen LogP) is 1.50. The Labute approximate surface area is 158 Å². The van der Waals surface area contributed by atoms with E-state index in [0.29, 0.717) is 13.0 Å². The number of hydrogen-bond acceptors (Lipinski definition) is 6. The van der Waals surface area contributed by atoms with Gasteiger partial charge in [0.15, 0.2) is 0 Å². The van der Waals surface area contributed by atoms with E-state index in [1.807, 2.05) is 0 Å². The Balaban J connectivity index is 2.05. The molecule has 0 bridgehead atoms. The van der Waals surface area contributed by atoms with Gasteiger partial charge in [-0.15, -0.1) is 0 Å². The zero-order chi connectivity index (χ0) is 20.4. The molecule has 1 heterocycles. The third kappa shape index (κ3) is 6.40. The fourth-order valence-electron chi connectivity index (χ4n) is 2.65. The molecule has 27 heavy (non-hydrogen) atoms. The maximum absolute atomic E-state index is 12.4. The zero-order valence-corrected chi connectivity index (χ0v) is 16.6. The van der Waals surface area contributed by atoms with Crippen molar-refractivity contribution in [3.63, 3.8) is 0 Å². The largest absolute Gasteiger partial charge is 0.508 e. The molecule has 3 N–H and O–H groups in total. The van der Waals surface area contributed by atoms with Gasteiger partial charge in [-0.25, -0.2) is 17.5 Å². The van der Waals surface area contributed by atoms with E-state index >= 15 is 0 Å². The van der Waals surface area contributed by atoms with Crippen molar-refractivity contribution in [3.8, 4) is 5.75 Å². The number of phenols is 1. The second kappa shape index (κ2) is 7.73. The summed E-state index contributed by atoms with van der Waals surface area (Å²) in [5.41, 5.74) is -0.341. The highest BCUT2D eigenvalue weighted by Gasteiger charge is 2.29. The number of anilines is 1.